The molecule has 2 N–H and O–H groups in total. The minimum atomic E-state index is -3.45. The zero-order chi connectivity index (χ0) is 22.3. The first-order valence-corrected chi connectivity index (χ1v) is 13.0. The average molecular weight is 446 g/mol. The zero-order valence-corrected chi connectivity index (χ0v) is 19.5. The molecule has 0 atom stereocenters. The number of nitrogens with zero attached hydrogens (tertiary/aromatic N) is 1. The molecule has 0 aliphatic heterocycles. The summed E-state index contributed by atoms with van der Waals surface area (Å²) >= 11 is 0. The summed E-state index contributed by atoms with van der Waals surface area (Å²) in [6.45, 7) is 0.339. The molecule has 0 unspecified atom stereocenters. The molecule has 0 radical (unpaired) electrons. The van der Waals surface area contributed by atoms with Crippen molar-refractivity contribution in [1.82, 2.24) is 10.6 Å². The molecule has 1 saturated carbocycles. The van der Waals surface area contributed by atoms with Crippen molar-refractivity contribution in [3.8, 4) is 0 Å². The van der Waals surface area contributed by atoms with Gasteiger partial charge in [-0.25, -0.2) is 13.2 Å². The van der Waals surface area contributed by atoms with Crippen LogP contribution in [0, 0.1) is 0 Å². The van der Waals surface area contributed by atoms with Gasteiger partial charge in [-0.3, -0.25) is 0 Å². The number of fused-ring (bicyclic) bond motifs is 1. The van der Waals surface area contributed by atoms with Crippen LogP contribution in [0.25, 0.3) is 10.8 Å². The van der Waals surface area contributed by atoms with Crippen molar-refractivity contribution in [2.24, 2.45) is 0 Å². The first kappa shape index (κ1) is 23.4. The van der Waals surface area contributed by atoms with E-state index in [0.717, 1.165) is 42.1 Å². The van der Waals surface area contributed by atoms with Crippen molar-refractivity contribution in [3.63, 3.8) is 0 Å². The number of carbonyl (C=O) groups is 1. The third kappa shape index (κ3) is 6.35. The number of hydrogen-bond donors (Lipinski definition) is 2. The summed E-state index contributed by atoms with van der Waals surface area (Å²) in [7, 11) is 0.442. The Labute approximate surface area is 186 Å². The van der Waals surface area contributed by atoms with Gasteiger partial charge in [0.1, 0.15) is 0 Å². The lowest BCUT2D eigenvalue weighted by molar-refractivity contribution is 0.234. The lowest BCUT2D eigenvalue weighted by Crippen LogP contribution is -2.42. The number of carbonyl (C=O) groups excluding carboxylic acids is 1. The molecule has 2 aromatic rings. The van der Waals surface area contributed by atoms with E-state index in [-0.39, 0.29) is 17.8 Å². The predicted molar refractivity (Wildman–Crippen MR) is 128 cm³/mol. The predicted octanol–water partition coefficient (Wildman–Crippen LogP) is 4.48. The fraction of sp³-hybridized carbons (Fsp3) is 0.542. The Morgan fingerprint density at radius 3 is 2.32 bits per heavy atom. The second-order valence-corrected chi connectivity index (χ2v) is 10.7. The van der Waals surface area contributed by atoms with Gasteiger partial charge in [-0.1, -0.05) is 56.4 Å². The van der Waals surface area contributed by atoms with Crippen molar-refractivity contribution in [2.75, 3.05) is 31.3 Å². The van der Waals surface area contributed by atoms with Crippen LogP contribution in [-0.2, 0) is 9.84 Å². The van der Waals surface area contributed by atoms with E-state index in [2.05, 4.69) is 10.6 Å². The Hall–Kier alpha value is -2.28. The monoisotopic (exact) mass is 445 g/mol. The van der Waals surface area contributed by atoms with E-state index in [1.807, 2.05) is 43.3 Å². The van der Waals surface area contributed by atoms with Gasteiger partial charge >= 0.3 is 6.03 Å². The quantitative estimate of drug-likeness (QED) is 0.616. The molecule has 3 rings (SSSR count). The minimum Gasteiger partial charge on any atom is -0.377 e. The number of amides is 2. The largest absolute Gasteiger partial charge is 0.377 e. The van der Waals surface area contributed by atoms with Gasteiger partial charge in [-0.2, -0.15) is 0 Å². The summed E-state index contributed by atoms with van der Waals surface area (Å²) in [4.78, 5) is 14.5. The third-order valence-electron chi connectivity index (χ3n) is 5.99. The maximum absolute atomic E-state index is 13.0. The minimum absolute atomic E-state index is 0.00200. The molecule has 0 aromatic heterocycles. The van der Waals surface area contributed by atoms with Crippen molar-refractivity contribution in [1.29, 1.82) is 0 Å². The van der Waals surface area contributed by atoms with Crippen LogP contribution in [0.1, 0.15) is 51.4 Å². The van der Waals surface area contributed by atoms with Crippen LogP contribution in [0.2, 0.25) is 0 Å². The van der Waals surface area contributed by atoms with Gasteiger partial charge < -0.3 is 15.5 Å². The maximum atomic E-state index is 13.0. The highest BCUT2D eigenvalue weighted by Gasteiger charge is 2.19. The molecule has 170 valence electrons. The number of nitrogens with one attached hydrogen (secondary N) is 2. The van der Waals surface area contributed by atoms with Crippen molar-refractivity contribution in [3.05, 3.63) is 36.4 Å². The van der Waals surface area contributed by atoms with Gasteiger partial charge in [-0.05, 0) is 31.4 Å². The summed E-state index contributed by atoms with van der Waals surface area (Å²) in [6, 6.07) is 11.2. The SMILES string of the molecule is CN(C)c1cccc2c(S(=O)(=O)CCCNC(=O)NC3CCCCCCC3)cccc12. The van der Waals surface area contributed by atoms with Crippen LogP contribution in [0.15, 0.2) is 41.3 Å². The zero-order valence-electron chi connectivity index (χ0n) is 18.7. The lowest BCUT2D eigenvalue weighted by atomic mass is 9.97. The normalized spacial score (nSPS) is 15.8. The molecule has 0 bridgehead atoms. The first-order valence-electron chi connectivity index (χ1n) is 11.3. The summed E-state index contributed by atoms with van der Waals surface area (Å²) in [5.74, 6) is 0.00200. The first-order chi connectivity index (χ1) is 14.9. The summed E-state index contributed by atoms with van der Waals surface area (Å²) in [5, 5.41) is 7.54. The van der Waals surface area contributed by atoms with Gasteiger partial charge in [0, 0.05) is 43.1 Å². The Morgan fingerprint density at radius 1 is 0.968 bits per heavy atom. The highest BCUT2D eigenvalue weighted by atomic mass is 32.2. The fourth-order valence-electron chi connectivity index (χ4n) is 4.34. The molecule has 1 fully saturated rings. The molecule has 6 nitrogen and oxygen atoms in total. The molecular weight excluding hydrogens is 410 g/mol. The standard InChI is InChI=1S/C24H35N3O3S/c1-27(2)22-15-8-14-21-20(22)13-9-16-23(21)31(29,30)18-10-17-25-24(28)26-19-11-6-4-3-5-7-12-19/h8-9,13-16,19H,3-7,10-12,17-18H2,1-2H3,(H2,25,26,28). The molecule has 0 spiro atoms. The van der Waals surface area contributed by atoms with Crippen molar-refractivity contribution in [2.45, 2.75) is 62.3 Å². The number of hydrogen-bond acceptors (Lipinski definition) is 4. The molecule has 2 amide bonds. The molecule has 7 heteroatoms. The van der Waals surface area contributed by atoms with E-state index in [1.165, 1.54) is 19.3 Å². The number of rotatable bonds is 7. The summed E-state index contributed by atoms with van der Waals surface area (Å²) in [6.07, 6.45) is 8.51. The Kier molecular flexibility index (Phi) is 8.18. The smallest absolute Gasteiger partial charge is 0.315 e. The molecule has 31 heavy (non-hydrogen) atoms. The molecule has 2 aromatic carbocycles. The molecule has 0 saturated heterocycles. The van der Waals surface area contributed by atoms with Crippen LogP contribution >= 0.6 is 0 Å². The Balaban J connectivity index is 1.56. The van der Waals surface area contributed by atoms with Crippen molar-refractivity contribution >= 4 is 32.3 Å². The van der Waals surface area contributed by atoms with Crippen LogP contribution in [0.5, 0.6) is 0 Å². The highest BCUT2D eigenvalue weighted by Crippen LogP contribution is 2.30. The summed E-state index contributed by atoms with van der Waals surface area (Å²) in [5.41, 5.74) is 0.988. The average Bonchev–Trinajstić information content (AvgIpc) is 2.72. The van der Waals surface area contributed by atoms with Crippen molar-refractivity contribution < 1.29 is 13.2 Å². The molecule has 1 aliphatic carbocycles. The van der Waals surface area contributed by atoms with Crippen LogP contribution in [0.4, 0.5) is 10.5 Å². The number of benzene rings is 2. The van der Waals surface area contributed by atoms with E-state index in [4.69, 9.17) is 0 Å². The van der Waals surface area contributed by atoms with E-state index >= 15 is 0 Å². The third-order valence-corrected chi connectivity index (χ3v) is 7.84. The second kappa shape index (κ2) is 10.8. The van der Waals surface area contributed by atoms with E-state index in [0.29, 0.717) is 17.9 Å². The summed E-state index contributed by atoms with van der Waals surface area (Å²) < 4.78 is 26.0. The molecular formula is C24H35N3O3S. The fourth-order valence-corrected chi connectivity index (χ4v) is 5.88. The van der Waals surface area contributed by atoms with Gasteiger partial charge in [0.2, 0.25) is 0 Å². The van der Waals surface area contributed by atoms with Gasteiger partial charge in [0.15, 0.2) is 9.84 Å². The number of urea groups is 1. The van der Waals surface area contributed by atoms with Crippen LogP contribution in [0.3, 0.4) is 0 Å². The van der Waals surface area contributed by atoms with Gasteiger partial charge in [0.25, 0.3) is 0 Å². The topological polar surface area (TPSA) is 78.5 Å². The number of anilines is 1. The van der Waals surface area contributed by atoms with E-state index < -0.39 is 9.84 Å². The highest BCUT2D eigenvalue weighted by molar-refractivity contribution is 7.91. The molecule has 1 aliphatic rings. The van der Waals surface area contributed by atoms with Crippen LogP contribution < -0.4 is 15.5 Å². The maximum Gasteiger partial charge on any atom is 0.315 e. The Bertz CT molecular complexity index is 981. The molecule has 0 heterocycles. The number of sulfone groups is 1. The van der Waals surface area contributed by atoms with E-state index in [1.54, 1.807) is 12.1 Å². The van der Waals surface area contributed by atoms with E-state index in [9.17, 15) is 13.2 Å². The second-order valence-electron chi connectivity index (χ2n) is 8.64. The van der Waals surface area contributed by atoms with Crippen LogP contribution in [-0.4, -0.2) is 46.9 Å². The van der Waals surface area contributed by atoms with Gasteiger partial charge in [-0.15, -0.1) is 0 Å². The van der Waals surface area contributed by atoms with Gasteiger partial charge in [0.05, 0.1) is 10.6 Å². The Morgan fingerprint density at radius 2 is 1.61 bits per heavy atom. The lowest BCUT2D eigenvalue weighted by Gasteiger charge is -2.21.